The first-order valence-electron chi connectivity index (χ1n) is 3.85. The normalized spacial score (nSPS) is 16.0. The summed E-state index contributed by atoms with van der Waals surface area (Å²) in [6.07, 6.45) is 0. The summed E-state index contributed by atoms with van der Waals surface area (Å²) in [5, 5.41) is 8.71. The van der Waals surface area contributed by atoms with Crippen molar-refractivity contribution in [2.75, 3.05) is 0 Å². The van der Waals surface area contributed by atoms with Crippen LogP contribution >= 0.6 is 0 Å². The van der Waals surface area contributed by atoms with Gasteiger partial charge < -0.3 is 21.0 Å². The third-order valence-corrected chi connectivity index (χ3v) is 1.73. The first-order valence-corrected chi connectivity index (χ1v) is 3.85. The average molecular weight is 170 g/mol. The molecule has 0 aliphatic carbocycles. The molecule has 0 radical (unpaired) electrons. The van der Waals surface area contributed by atoms with Gasteiger partial charge in [-0.15, -0.1) is 0 Å². The van der Waals surface area contributed by atoms with Crippen LogP contribution in [0, 0.1) is 0 Å². The second kappa shape index (κ2) is 3.71. The van der Waals surface area contributed by atoms with Gasteiger partial charge in [-0.3, -0.25) is 0 Å². The van der Waals surface area contributed by atoms with Gasteiger partial charge in [0.2, 0.25) is 0 Å². The monoisotopic (exact) mass is 170 g/mol. The van der Waals surface area contributed by atoms with E-state index in [-0.39, 0.29) is 18.7 Å². The average Bonchev–Trinajstić information content (AvgIpc) is 2.50. The zero-order valence-electron chi connectivity index (χ0n) is 7.03. The Bertz CT molecular complexity index is 245. The lowest BCUT2D eigenvalue weighted by Gasteiger charge is -2.11. The van der Waals surface area contributed by atoms with Gasteiger partial charge in [-0.05, 0) is 19.1 Å². The topological polar surface area (TPSA) is 85.4 Å². The second-order valence-corrected chi connectivity index (χ2v) is 2.85. The van der Waals surface area contributed by atoms with Crippen LogP contribution in [0.2, 0.25) is 0 Å². The van der Waals surface area contributed by atoms with Crippen LogP contribution in [0.1, 0.15) is 24.5 Å². The quantitative estimate of drug-likeness (QED) is 0.601. The molecule has 5 N–H and O–H groups in total. The number of hydrogen-bond donors (Lipinski definition) is 3. The van der Waals surface area contributed by atoms with Gasteiger partial charge in [0.15, 0.2) is 0 Å². The Kier molecular flexibility index (Phi) is 2.86. The molecule has 0 aliphatic heterocycles. The molecule has 1 heterocycles. The van der Waals surface area contributed by atoms with Gasteiger partial charge in [0.05, 0.1) is 6.04 Å². The molecule has 0 aromatic carbocycles. The van der Waals surface area contributed by atoms with Crippen molar-refractivity contribution in [2.45, 2.75) is 25.6 Å². The van der Waals surface area contributed by atoms with E-state index in [1.54, 1.807) is 12.1 Å². The van der Waals surface area contributed by atoms with E-state index in [1.165, 1.54) is 0 Å². The summed E-state index contributed by atoms with van der Waals surface area (Å²) in [7, 11) is 0. The van der Waals surface area contributed by atoms with Gasteiger partial charge in [-0.25, -0.2) is 0 Å². The third-order valence-electron chi connectivity index (χ3n) is 1.73. The fourth-order valence-corrected chi connectivity index (χ4v) is 0.918. The van der Waals surface area contributed by atoms with E-state index < -0.39 is 0 Å². The van der Waals surface area contributed by atoms with E-state index in [0.717, 1.165) is 0 Å². The van der Waals surface area contributed by atoms with Crippen LogP contribution in [0.25, 0.3) is 0 Å². The molecule has 0 saturated carbocycles. The number of aliphatic hydroxyl groups is 1. The van der Waals surface area contributed by atoms with Crippen LogP contribution < -0.4 is 11.5 Å². The molecule has 0 spiro atoms. The summed E-state index contributed by atoms with van der Waals surface area (Å²) in [4.78, 5) is 0. The first kappa shape index (κ1) is 9.25. The molecule has 1 aromatic rings. The molecule has 2 unspecified atom stereocenters. The molecule has 2 atom stereocenters. The van der Waals surface area contributed by atoms with E-state index >= 15 is 0 Å². The lowest BCUT2D eigenvalue weighted by atomic mass is 10.1. The van der Waals surface area contributed by atoms with Crippen LogP contribution in [0.3, 0.4) is 0 Å². The number of rotatable bonds is 3. The highest BCUT2D eigenvalue weighted by atomic mass is 16.4. The number of hydrogen-bond acceptors (Lipinski definition) is 4. The minimum Gasteiger partial charge on any atom is -0.462 e. The predicted octanol–water partition coefficient (Wildman–Crippen LogP) is 0.119. The predicted molar refractivity (Wildman–Crippen MR) is 45.2 cm³/mol. The Hall–Kier alpha value is -0.840. The summed E-state index contributed by atoms with van der Waals surface area (Å²) in [5.41, 5.74) is 11.3. The molecular weight excluding hydrogens is 156 g/mol. The van der Waals surface area contributed by atoms with E-state index in [2.05, 4.69) is 0 Å². The molecule has 1 aromatic heterocycles. The number of furan rings is 1. The minimum absolute atomic E-state index is 0.105. The summed E-state index contributed by atoms with van der Waals surface area (Å²) in [6, 6.07) is 2.98. The van der Waals surface area contributed by atoms with Gasteiger partial charge in [-0.1, -0.05) is 0 Å². The molecule has 0 amide bonds. The van der Waals surface area contributed by atoms with Crippen molar-refractivity contribution < 1.29 is 9.52 Å². The molecule has 0 saturated heterocycles. The van der Waals surface area contributed by atoms with Crippen LogP contribution in [0.15, 0.2) is 16.5 Å². The molecule has 0 aliphatic rings. The maximum absolute atomic E-state index is 8.71. The van der Waals surface area contributed by atoms with Crippen molar-refractivity contribution in [1.82, 2.24) is 0 Å². The Balaban J connectivity index is 2.74. The molecule has 12 heavy (non-hydrogen) atoms. The smallest absolute Gasteiger partial charge is 0.129 e. The largest absolute Gasteiger partial charge is 0.462 e. The zero-order valence-corrected chi connectivity index (χ0v) is 7.03. The first-order chi connectivity index (χ1) is 5.65. The van der Waals surface area contributed by atoms with E-state index in [0.29, 0.717) is 11.5 Å². The summed E-state index contributed by atoms with van der Waals surface area (Å²) >= 11 is 0. The Labute approximate surface area is 71.2 Å². The van der Waals surface area contributed by atoms with Crippen molar-refractivity contribution in [2.24, 2.45) is 11.5 Å². The van der Waals surface area contributed by atoms with Crippen LogP contribution in [-0.2, 0) is 6.61 Å². The molecule has 4 heteroatoms. The molecule has 68 valence electrons. The summed E-state index contributed by atoms with van der Waals surface area (Å²) in [6.45, 7) is 1.71. The summed E-state index contributed by atoms with van der Waals surface area (Å²) in [5.74, 6) is 1.13. The molecule has 0 bridgehead atoms. The highest BCUT2D eigenvalue weighted by Crippen LogP contribution is 2.16. The molecular formula is C8H14N2O2. The van der Waals surface area contributed by atoms with Crippen molar-refractivity contribution >= 4 is 0 Å². The van der Waals surface area contributed by atoms with Gasteiger partial charge in [0.1, 0.15) is 18.1 Å². The summed E-state index contributed by atoms with van der Waals surface area (Å²) < 4.78 is 5.20. The Morgan fingerprint density at radius 3 is 2.58 bits per heavy atom. The maximum atomic E-state index is 8.71. The number of nitrogens with two attached hydrogens (primary N) is 2. The molecule has 1 rings (SSSR count). The van der Waals surface area contributed by atoms with Gasteiger partial charge in [-0.2, -0.15) is 0 Å². The lowest BCUT2D eigenvalue weighted by molar-refractivity contribution is 0.240. The van der Waals surface area contributed by atoms with Crippen LogP contribution in [0.5, 0.6) is 0 Å². The van der Waals surface area contributed by atoms with Crippen molar-refractivity contribution in [1.29, 1.82) is 0 Å². The second-order valence-electron chi connectivity index (χ2n) is 2.85. The highest BCUT2D eigenvalue weighted by Gasteiger charge is 2.14. The SMILES string of the molecule is CC(N)C(N)c1ccc(CO)o1. The van der Waals surface area contributed by atoms with E-state index in [1.807, 2.05) is 6.92 Å². The van der Waals surface area contributed by atoms with Crippen LogP contribution in [0.4, 0.5) is 0 Å². The van der Waals surface area contributed by atoms with Crippen molar-refractivity contribution in [3.05, 3.63) is 23.7 Å². The highest BCUT2D eigenvalue weighted by molar-refractivity contribution is 5.11. The fourth-order valence-electron chi connectivity index (χ4n) is 0.918. The third kappa shape index (κ3) is 1.85. The number of aliphatic hydroxyl groups excluding tert-OH is 1. The minimum atomic E-state index is -0.301. The van der Waals surface area contributed by atoms with Gasteiger partial charge >= 0.3 is 0 Å². The van der Waals surface area contributed by atoms with Gasteiger partial charge in [0, 0.05) is 6.04 Å². The van der Waals surface area contributed by atoms with Gasteiger partial charge in [0.25, 0.3) is 0 Å². The van der Waals surface area contributed by atoms with Crippen molar-refractivity contribution in [3.63, 3.8) is 0 Å². The fraction of sp³-hybridized carbons (Fsp3) is 0.500. The van der Waals surface area contributed by atoms with Crippen molar-refractivity contribution in [3.8, 4) is 0 Å². The molecule has 4 nitrogen and oxygen atoms in total. The Morgan fingerprint density at radius 2 is 2.17 bits per heavy atom. The zero-order chi connectivity index (χ0) is 9.14. The van der Waals surface area contributed by atoms with E-state index in [9.17, 15) is 0 Å². The molecule has 0 fully saturated rings. The lowest BCUT2D eigenvalue weighted by Crippen LogP contribution is -2.30. The maximum Gasteiger partial charge on any atom is 0.129 e. The van der Waals surface area contributed by atoms with E-state index in [4.69, 9.17) is 21.0 Å². The van der Waals surface area contributed by atoms with Crippen LogP contribution in [-0.4, -0.2) is 11.1 Å². The standard InChI is InChI=1S/C8H14N2O2/c1-5(9)8(10)7-3-2-6(4-11)12-7/h2-3,5,8,11H,4,9-10H2,1H3. The Morgan fingerprint density at radius 1 is 1.50 bits per heavy atom.